The molecular formula is C16H19NO2. The third kappa shape index (κ3) is 3.29. The van der Waals surface area contributed by atoms with Crippen molar-refractivity contribution in [3.63, 3.8) is 0 Å². The Morgan fingerprint density at radius 2 is 2.11 bits per heavy atom. The van der Waals surface area contributed by atoms with E-state index in [4.69, 9.17) is 4.74 Å². The largest absolute Gasteiger partial charge is 0.497 e. The number of methoxy groups -OCH3 is 1. The van der Waals surface area contributed by atoms with Gasteiger partial charge in [0.05, 0.1) is 7.11 Å². The maximum atomic E-state index is 11.8. The Kier molecular flexibility index (Phi) is 4.46. The fourth-order valence-electron chi connectivity index (χ4n) is 2.50. The van der Waals surface area contributed by atoms with E-state index in [-0.39, 0.29) is 5.91 Å². The van der Waals surface area contributed by atoms with Crippen molar-refractivity contribution in [1.82, 2.24) is 4.90 Å². The van der Waals surface area contributed by atoms with Crippen LogP contribution in [0.1, 0.15) is 31.2 Å². The lowest BCUT2D eigenvalue weighted by Gasteiger charge is -2.31. The summed E-state index contributed by atoms with van der Waals surface area (Å²) < 4.78 is 5.17. The van der Waals surface area contributed by atoms with Crippen molar-refractivity contribution in [3.05, 3.63) is 29.8 Å². The van der Waals surface area contributed by atoms with Gasteiger partial charge in [-0.2, -0.15) is 0 Å². The molecule has 1 unspecified atom stereocenters. The monoisotopic (exact) mass is 257 g/mol. The highest BCUT2D eigenvalue weighted by Crippen LogP contribution is 2.28. The van der Waals surface area contributed by atoms with E-state index in [9.17, 15) is 4.79 Å². The molecule has 1 amide bonds. The Bertz CT molecular complexity index is 496. The van der Waals surface area contributed by atoms with E-state index in [2.05, 4.69) is 24.0 Å². The predicted octanol–water partition coefficient (Wildman–Crippen LogP) is 2.42. The number of carbonyl (C=O) groups is 1. The minimum atomic E-state index is -0.0549. The van der Waals surface area contributed by atoms with Crippen LogP contribution in [0.25, 0.3) is 0 Å². The molecule has 1 saturated heterocycles. The number of amides is 1. The van der Waals surface area contributed by atoms with Crippen LogP contribution >= 0.6 is 0 Å². The number of benzene rings is 1. The number of nitrogens with zero attached hydrogens (tertiary/aromatic N) is 1. The molecule has 0 radical (unpaired) electrons. The van der Waals surface area contributed by atoms with Gasteiger partial charge in [0.2, 0.25) is 0 Å². The molecule has 0 bridgehead atoms. The third-order valence-corrected chi connectivity index (χ3v) is 3.53. The molecule has 3 nitrogen and oxygen atoms in total. The summed E-state index contributed by atoms with van der Waals surface area (Å²) in [5, 5.41) is 0. The van der Waals surface area contributed by atoms with Gasteiger partial charge in [0, 0.05) is 19.0 Å². The summed E-state index contributed by atoms with van der Waals surface area (Å²) >= 11 is 0. The number of carbonyl (C=O) groups excluding carboxylic acids is 1. The average Bonchev–Trinajstić information content (AvgIpc) is 2.48. The smallest absolute Gasteiger partial charge is 0.298 e. The van der Waals surface area contributed by atoms with Crippen LogP contribution < -0.4 is 4.74 Å². The average molecular weight is 257 g/mol. The first kappa shape index (κ1) is 13.5. The van der Waals surface area contributed by atoms with Crippen molar-refractivity contribution < 1.29 is 9.53 Å². The summed E-state index contributed by atoms with van der Waals surface area (Å²) in [5.74, 6) is 6.51. The van der Waals surface area contributed by atoms with Gasteiger partial charge in [0.25, 0.3) is 5.91 Å². The normalized spacial score (nSPS) is 18.4. The van der Waals surface area contributed by atoms with Crippen molar-refractivity contribution in [2.24, 2.45) is 0 Å². The number of ether oxygens (including phenoxy) is 1. The van der Waals surface area contributed by atoms with Crippen LogP contribution in [0, 0.1) is 11.8 Å². The molecule has 1 aliphatic heterocycles. The highest BCUT2D eigenvalue weighted by atomic mass is 16.5. The maximum absolute atomic E-state index is 11.8. The first-order chi connectivity index (χ1) is 9.24. The van der Waals surface area contributed by atoms with Gasteiger partial charge in [-0.3, -0.25) is 4.79 Å². The van der Waals surface area contributed by atoms with E-state index in [0.29, 0.717) is 5.92 Å². The van der Waals surface area contributed by atoms with Gasteiger partial charge in [0.1, 0.15) is 5.75 Å². The lowest BCUT2D eigenvalue weighted by Crippen LogP contribution is -2.38. The van der Waals surface area contributed by atoms with E-state index in [1.165, 1.54) is 5.56 Å². The van der Waals surface area contributed by atoms with Crippen LogP contribution in [-0.4, -0.2) is 31.0 Å². The first-order valence-corrected chi connectivity index (χ1v) is 6.60. The van der Waals surface area contributed by atoms with Crippen LogP contribution in [0.5, 0.6) is 5.75 Å². The Hall–Kier alpha value is -1.95. The van der Waals surface area contributed by atoms with Gasteiger partial charge in [-0.25, -0.2) is 0 Å². The standard InChI is InChI=1S/C16H19NO2/c1-3-5-16(18)17-11-4-6-14(12-17)13-7-9-15(19-2)10-8-13/h7-10,14H,4,6,11-12H2,1-2H3. The van der Waals surface area contributed by atoms with Crippen molar-refractivity contribution in [2.45, 2.75) is 25.7 Å². The Morgan fingerprint density at radius 1 is 1.37 bits per heavy atom. The van der Waals surface area contributed by atoms with E-state index in [1.807, 2.05) is 17.0 Å². The quantitative estimate of drug-likeness (QED) is 0.762. The van der Waals surface area contributed by atoms with Gasteiger partial charge < -0.3 is 9.64 Å². The van der Waals surface area contributed by atoms with E-state index in [1.54, 1.807) is 14.0 Å². The summed E-state index contributed by atoms with van der Waals surface area (Å²) in [6.07, 6.45) is 2.16. The van der Waals surface area contributed by atoms with Crippen molar-refractivity contribution in [2.75, 3.05) is 20.2 Å². The summed E-state index contributed by atoms with van der Waals surface area (Å²) in [7, 11) is 1.67. The zero-order valence-electron chi connectivity index (χ0n) is 11.5. The zero-order valence-corrected chi connectivity index (χ0v) is 11.5. The van der Waals surface area contributed by atoms with Crippen molar-refractivity contribution in [1.29, 1.82) is 0 Å². The molecule has 0 aromatic heterocycles. The fraction of sp³-hybridized carbons (Fsp3) is 0.438. The molecule has 1 fully saturated rings. The molecule has 2 rings (SSSR count). The van der Waals surface area contributed by atoms with Crippen molar-refractivity contribution in [3.8, 4) is 17.6 Å². The number of likely N-dealkylation sites (tertiary alicyclic amines) is 1. The van der Waals surface area contributed by atoms with E-state index in [0.717, 1.165) is 31.7 Å². The Balaban J connectivity index is 2.07. The van der Waals surface area contributed by atoms with Crippen LogP contribution in [0.3, 0.4) is 0 Å². The lowest BCUT2D eigenvalue weighted by atomic mass is 9.90. The Labute approximate surface area is 114 Å². The third-order valence-electron chi connectivity index (χ3n) is 3.53. The molecular weight excluding hydrogens is 238 g/mol. The van der Waals surface area contributed by atoms with Gasteiger partial charge in [-0.1, -0.05) is 18.1 Å². The molecule has 0 saturated carbocycles. The summed E-state index contributed by atoms with van der Waals surface area (Å²) in [5.41, 5.74) is 1.27. The molecule has 0 N–H and O–H groups in total. The summed E-state index contributed by atoms with van der Waals surface area (Å²) in [4.78, 5) is 13.7. The van der Waals surface area contributed by atoms with Gasteiger partial charge in [-0.15, -0.1) is 0 Å². The van der Waals surface area contributed by atoms with Gasteiger partial charge in [-0.05, 0) is 43.4 Å². The lowest BCUT2D eigenvalue weighted by molar-refractivity contribution is -0.126. The molecule has 19 heavy (non-hydrogen) atoms. The molecule has 3 heteroatoms. The molecule has 1 heterocycles. The predicted molar refractivity (Wildman–Crippen MR) is 75.0 cm³/mol. The van der Waals surface area contributed by atoms with Crippen molar-refractivity contribution >= 4 is 5.91 Å². The first-order valence-electron chi connectivity index (χ1n) is 6.60. The van der Waals surface area contributed by atoms with Crippen LogP contribution in [0.4, 0.5) is 0 Å². The molecule has 100 valence electrons. The molecule has 1 atom stereocenters. The number of rotatable bonds is 2. The molecule has 0 spiro atoms. The van der Waals surface area contributed by atoms with Gasteiger partial charge >= 0.3 is 0 Å². The van der Waals surface area contributed by atoms with E-state index >= 15 is 0 Å². The topological polar surface area (TPSA) is 29.5 Å². The molecule has 0 aliphatic carbocycles. The summed E-state index contributed by atoms with van der Waals surface area (Å²) in [6.45, 7) is 3.28. The van der Waals surface area contributed by atoms with Crippen LogP contribution in [0.15, 0.2) is 24.3 Å². The van der Waals surface area contributed by atoms with Crippen LogP contribution in [0.2, 0.25) is 0 Å². The molecule has 1 aromatic rings. The molecule has 1 aromatic carbocycles. The second-order valence-electron chi connectivity index (χ2n) is 4.74. The molecule has 1 aliphatic rings. The fourth-order valence-corrected chi connectivity index (χ4v) is 2.50. The second kappa shape index (κ2) is 6.29. The van der Waals surface area contributed by atoms with E-state index < -0.39 is 0 Å². The highest BCUT2D eigenvalue weighted by molar-refractivity contribution is 5.93. The number of hydrogen-bond acceptors (Lipinski definition) is 2. The summed E-state index contributed by atoms with van der Waals surface area (Å²) in [6, 6.07) is 8.12. The minimum Gasteiger partial charge on any atom is -0.497 e. The maximum Gasteiger partial charge on any atom is 0.298 e. The highest BCUT2D eigenvalue weighted by Gasteiger charge is 2.23. The second-order valence-corrected chi connectivity index (χ2v) is 4.74. The Morgan fingerprint density at radius 3 is 2.74 bits per heavy atom. The SMILES string of the molecule is CC#CC(=O)N1CCCC(c2ccc(OC)cc2)C1. The van der Waals surface area contributed by atoms with Gasteiger partial charge in [0.15, 0.2) is 0 Å². The zero-order chi connectivity index (χ0) is 13.7. The number of hydrogen-bond donors (Lipinski definition) is 0. The van der Waals surface area contributed by atoms with Crippen LogP contribution in [-0.2, 0) is 4.79 Å². The number of piperidine rings is 1. The minimum absolute atomic E-state index is 0.0549.